The first-order chi connectivity index (χ1) is 22.9. The Kier molecular flexibility index (Phi) is 8.87. The molecule has 4 fully saturated rings. The number of nitrogens with one attached hydrogen (secondary N) is 1. The number of para-hydroxylation sites is 2. The molecule has 11 heteroatoms. The molecule has 0 aromatic heterocycles. The molecule has 2 aromatic carbocycles. The van der Waals surface area contributed by atoms with E-state index < -0.39 is 22.1 Å². The molecule has 2 atom stereocenters. The van der Waals surface area contributed by atoms with Gasteiger partial charge in [-0.05, 0) is 67.6 Å². The van der Waals surface area contributed by atoms with Crippen molar-refractivity contribution in [3.05, 3.63) is 59.4 Å². The molecule has 5 aliphatic rings. The Morgan fingerprint density at radius 1 is 1.02 bits per heavy atom. The number of urea groups is 1. The number of thioether (sulfide) groups is 1. The fourth-order valence-electron chi connectivity index (χ4n) is 7.77. The van der Waals surface area contributed by atoms with Crippen molar-refractivity contribution in [2.24, 2.45) is 11.3 Å². The second-order valence-corrected chi connectivity index (χ2v) is 16.8. The maximum Gasteiger partial charge on any atom is 0.322 e. The summed E-state index contributed by atoms with van der Waals surface area (Å²) in [7, 11) is 0. The maximum absolute atomic E-state index is 15.5. The first-order valence-electron chi connectivity index (χ1n) is 17.5. The van der Waals surface area contributed by atoms with E-state index in [-0.39, 0.29) is 56.2 Å². The molecule has 260 valence electrons. The third-order valence-electron chi connectivity index (χ3n) is 10.8. The van der Waals surface area contributed by atoms with E-state index in [1.54, 1.807) is 11.0 Å². The van der Waals surface area contributed by atoms with Gasteiger partial charge in [0.2, 0.25) is 11.8 Å². The fraction of sp³-hybridized carbons (Fsp3) is 0.595. The van der Waals surface area contributed by atoms with Crippen molar-refractivity contribution in [3.8, 4) is 0 Å². The van der Waals surface area contributed by atoms with Gasteiger partial charge in [-0.15, -0.1) is 11.8 Å². The summed E-state index contributed by atoms with van der Waals surface area (Å²) >= 11 is 1.42. The van der Waals surface area contributed by atoms with Crippen LogP contribution in [0.1, 0.15) is 77.2 Å². The molecule has 1 aliphatic carbocycles. The van der Waals surface area contributed by atoms with Crippen molar-refractivity contribution in [1.29, 1.82) is 0 Å². The molecular formula is C37H49F2N5O3S. The minimum absolute atomic E-state index is 0. The van der Waals surface area contributed by atoms with Crippen molar-refractivity contribution in [3.63, 3.8) is 0 Å². The molecule has 3 saturated heterocycles. The van der Waals surface area contributed by atoms with Gasteiger partial charge >= 0.3 is 6.03 Å². The van der Waals surface area contributed by atoms with E-state index in [4.69, 9.17) is 0 Å². The number of anilines is 2. The number of carbonyl (C=O) groups is 3. The summed E-state index contributed by atoms with van der Waals surface area (Å²) in [5.41, 5.74) is 1.74. The van der Waals surface area contributed by atoms with Crippen LogP contribution >= 0.6 is 11.8 Å². The SMILES string of the molecule is CC(C)(C)CCN1C(=O)C(CC(=O)N2CCC(N3CCc4ccccc4NC3=O)CC2)SC1c1cccc(F)c1N1CC(F)(C2CC2)C1.[HH]. The van der Waals surface area contributed by atoms with Crippen molar-refractivity contribution in [2.75, 3.05) is 49.5 Å². The molecule has 4 heterocycles. The highest BCUT2D eigenvalue weighted by molar-refractivity contribution is 8.01. The number of fused-ring (bicyclic) bond motifs is 1. The summed E-state index contributed by atoms with van der Waals surface area (Å²) in [5, 5.41) is 2.00. The van der Waals surface area contributed by atoms with E-state index in [2.05, 4.69) is 26.1 Å². The molecule has 8 nitrogen and oxygen atoms in total. The largest absolute Gasteiger partial charge is 0.362 e. The molecule has 4 aliphatic heterocycles. The average molecular weight is 682 g/mol. The quantitative estimate of drug-likeness (QED) is 0.330. The fourth-order valence-corrected chi connectivity index (χ4v) is 9.27. The number of nitrogens with zero attached hydrogens (tertiary/aromatic N) is 4. The lowest BCUT2D eigenvalue weighted by Gasteiger charge is -2.47. The van der Waals surface area contributed by atoms with Gasteiger partial charge in [-0.3, -0.25) is 9.59 Å². The zero-order chi connectivity index (χ0) is 33.8. The second-order valence-electron chi connectivity index (χ2n) is 15.5. The summed E-state index contributed by atoms with van der Waals surface area (Å²) in [4.78, 5) is 48.1. The van der Waals surface area contributed by atoms with Gasteiger partial charge in [-0.1, -0.05) is 51.1 Å². The highest BCUT2D eigenvalue weighted by atomic mass is 32.2. The monoisotopic (exact) mass is 681 g/mol. The van der Waals surface area contributed by atoms with Crippen LogP contribution in [0.25, 0.3) is 0 Å². The van der Waals surface area contributed by atoms with E-state index in [0.717, 1.165) is 36.9 Å². The lowest BCUT2D eigenvalue weighted by Crippen LogP contribution is -2.61. The Balaban J connectivity index is 0.00000417. The molecule has 7 rings (SSSR count). The first-order valence-corrected chi connectivity index (χ1v) is 18.5. The standard InChI is InChI=1S/C37H47F2N5O3S.H2/c1-36(2,3)16-20-44-33(46)30(48-34(44)27-8-6-9-28(38)32(27)42-22-37(39,23-42)25-11-12-25)21-31(45)41-17-14-26(15-18-41)43-19-13-24-7-4-5-10-29(24)40-35(43)47;/h4-10,25-26,30,34H,11-23H2,1-3H3,(H,40,47);1H. The molecule has 2 unspecified atom stereocenters. The van der Waals surface area contributed by atoms with Crippen molar-refractivity contribution in [1.82, 2.24) is 14.7 Å². The second kappa shape index (κ2) is 12.8. The Hall–Kier alpha value is -3.34. The third-order valence-corrected chi connectivity index (χ3v) is 12.3. The van der Waals surface area contributed by atoms with Crippen LogP contribution in [0.4, 0.5) is 25.0 Å². The Morgan fingerprint density at radius 3 is 2.46 bits per heavy atom. The highest BCUT2D eigenvalue weighted by Crippen LogP contribution is 2.52. The van der Waals surface area contributed by atoms with Crippen molar-refractivity contribution < 1.29 is 24.6 Å². The molecule has 4 amide bonds. The van der Waals surface area contributed by atoms with Gasteiger partial charge in [0.1, 0.15) is 16.9 Å². The number of hydrogen-bond acceptors (Lipinski definition) is 5. The summed E-state index contributed by atoms with van der Waals surface area (Å²) in [6.45, 7) is 8.89. The molecular weight excluding hydrogens is 633 g/mol. The van der Waals surface area contributed by atoms with Gasteiger partial charge in [0.15, 0.2) is 0 Å². The number of carbonyl (C=O) groups excluding carboxylic acids is 3. The van der Waals surface area contributed by atoms with Gasteiger partial charge < -0.3 is 24.9 Å². The van der Waals surface area contributed by atoms with Crippen LogP contribution in [-0.2, 0) is 16.0 Å². The van der Waals surface area contributed by atoms with E-state index in [1.165, 1.54) is 17.8 Å². The first kappa shape index (κ1) is 33.2. The minimum Gasteiger partial charge on any atom is -0.362 e. The Morgan fingerprint density at radius 2 is 1.75 bits per heavy atom. The zero-order valence-electron chi connectivity index (χ0n) is 28.2. The number of benzene rings is 2. The van der Waals surface area contributed by atoms with E-state index in [0.29, 0.717) is 50.3 Å². The van der Waals surface area contributed by atoms with Crippen LogP contribution in [0.2, 0.25) is 0 Å². The number of alkyl halides is 1. The van der Waals surface area contributed by atoms with Gasteiger partial charge in [0.05, 0.1) is 24.0 Å². The van der Waals surface area contributed by atoms with Crippen LogP contribution < -0.4 is 10.2 Å². The van der Waals surface area contributed by atoms with Gasteiger partial charge in [-0.25, -0.2) is 13.6 Å². The van der Waals surface area contributed by atoms with Crippen LogP contribution in [0.15, 0.2) is 42.5 Å². The van der Waals surface area contributed by atoms with Gasteiger partial charge in [0, 0.05) is 51.3 Å². The molecule has 48 heavy (non-hydrogen) atoms. The van der Waals surface area contributed by atoms with E-state index in [9.17, 15) is 14.4 Å². The molecule has 1 saturated carbocycles. The summed E-state index contributed by atoms with van der Waals surface area (Å²) in [5.74, 6) is -0.514. The van der Waals surface area contributed by atoms with E-state index in [1.807, 2.05) is 45.0 Å². The van der Waals surface area contributed by atoms with Crippen molar-refractivity contribution >= 4 is 41.0 Å². The number of hydrogen-bond donors (Lipinski definition) is 1. The lowest BCUT2D eigenvalue weighted by atomic mass is 9.89. The number of halogens is 2. The van der Waals surface area contributed by atoms with Crippen LogP contribution in [0.3, 0.4) is 0 Å². The molecule has 0 spiro atoms. The summed E-state index contributed by atoms with van der Waals surface area (Å²) in [6.07, 6.45) is 4.74. The normalized spacial score (nSPS) is 24.7. The Labute approximate surface area is 288 Å². The molecule has 0 bridgehead atoms. The lowest BCUT2D eigenvalue weighted by molar-refractivity contribution is -0.137. The van der Waals surface area contributed by atoms with E-state index >= 15 is 8.78 Å². The molecule has 1 N–H and O–H groups in total. The summed E-state index contributed by atoms with van der Waals surface area (Å²) in [6, 6.07) is 12.8. The number of piperidine rings is 1. The predicted octanol–water partition coefficient (Wildman–Crippen LogP) is 6.86. The number of amides is 4. The average Bonchev–Trinajstić information content (AvgIpc) is 3.86. The van der Waals surface area contributed by atoms with Gasteiger partial charge in [0.25, 0.3) is 0 Å². The predicted molar refractivity (Wildman–Crippen MR) is 187 cm³/mol. The van der Waals surface area contributed by atoms with Crippen LogP contribution in [0, 0.1) is 17.2 Å². The van der Waals surface area contributed by atoms with Crippen LogP contribution in [0.5, 0.6) is 0 Å². The number of likely N-dealkylation sites (tertiary alicyclic amines) is 1. The van der Waals surface area contributed by atoms with Crippen molar-refractivity contribution in [2.45, 2.75) is 88.1 Å². The Bertz CT molecular complexity index is 1570. The topological polar surface area (TPSA) is 76.2 Å². The maximum atomic E-state index is 15.5. The minimum atomic E-state index is -1.27. The number of rotatable bonds is 8. The third kappa shape index (κ3) is 6.63. The smallest absolute Gasteiger partial charge is 0.322 e. The highest BCUT2D eigenvalue weighted by Gasteiger charge is 2.55. The van der Waals surface area contributed by atoms with Gasteiger partial charge in [-0.2, -0.15) is 0 Å². The molecule has 0 radical (unpaired) electrons. The summed E-state index contributed by atoms with van der Waals surface area (Å²) < 4.78 is 30.9. The zero-order valence-corrected chi connectivity index (χ0v) is 29.0. The molecule has 2 aromatic rings. The van der Waals surface area contributed by atoms with Crippen LogP contribution in [-0.4, -0.2) is 88.8 Å².